The van der Waals surface area contributed by atoms with Gasteiger partial charge < -0.3 is 14.9 Å². The van der Waals surface area contributed by atoms with E-state index in [9.17, 15) is 18.4 Å². The van der Waals surface area contributed by atoms with Crippen LogP contribution in [0.25, 0.3) is 27.6 Å². The molecule has 1 atom stereocenters. The monoisotopic (exact) mass is 557 g/mol. The van der Waals surface area contributed by atoms with Crippen molar-refractivity contribution in [2.75, 3.05) is 0 Å². The van der Waals surface area contributed by atoms with Gasteiger partial charge in [0.05, 0.1) is 33.3 Å². The average molecular weight is 558 g/mol. The molecule has 0 fully saturated rings. The fourth-order valence-corrected chi connectivity index (χ4v) is 5.05. The Kier molecular flexibility index (Phi) is 6.56. The van der Waals surface area contributed by atoms with Crippen molar-refractivity contribution in [1.82, 2.24) is 19.5 Å². The van der Waals surface area contributed by atoms with E-state index in [0.29, 0.717) is 76.2 Å². The molecule has 3 aromatic carbocycles. The van der Waals surface area contributed by atoms with Gasteiger partial charge in [0.2, 0.25) is 0 Å². The molecule has 1 unspecified atom stereocenters. The third kappa shape index (κ3) is 5.06. The van der Waals surface area contributed by atoms with Crippen LogP contribution in [-0.4, -0.2) is 36.3 Å². The molecule has 2 N–H and O–H groups in total. The highest BCUT2D eigenvalue weighted by Gasteiger charge is 2.39. The second kappa shape index (κ2) is 10.2. The maximum atomic E-state index is 13.7. The third-order valence-electron chi connectivity index (χ3n) is 7.20. The van der Waals surface area contributed by atoms with E-state index in [1.54, 1.807) is 24.3 Å². The number of rotatable bonds is 8. The first-order chi connectivity index (χ1) is 19.7. The van der Waals surface area contributed by atoms with E-state index in [1.165, 1.54) is 41.0 Å². The van der Waals surface area contributed by atoms with Gasteiger partial charge in [-0.05, 0) is 74.4 Å². The number of hydrogen-bond acceptors (Lipinski definition) is 6. The van der Waals surface area contributed by atoms with Gasteiger partial charge >= 0.3 is 5.97 Å². The van der Waals surface area contributed by atoms with Gasteiger partial charge in [-0.1, -0.05) is 11.2 Å². The number of aryl methyl sites for hydroxylation is 1. The van der Waals surface area contributed by atoms with Crippen molar-refractivity contribution in [1.29, 1.82) is 0 Å². The zero-order valence-corrected chi connectivity index (χ0v) is 22.0. The summed E-state index contributed by atoms with van der Waals surface area (Å²) in [7, 11) is 0. The summed E-state index contributed by atoms with van der Waals surface area (Å²) in [6, 6.07) is 15.1. The molecule has 11 heteroatoms. The number of carbonyl (C=O) groups is 1. The van der Waals surface area contributed by atoms with Crippen LogP contribution in [-0.2, 0) is 21.7 Å². The number of oxime groups is 1. The molecular formula is C30H25F2N5O4. The van der Waals surface area contributed by atoms with Gasteiger partial charge in [0, 0.05) is 24.8 Å². The van der Waals surface area contributed by atoms with Gasteiger partial charge in [-0.3, -0.25) is 14.2 Å². The topological polar surface area (TPSA) is 122 Å². The van der Waals surface area contributed by atoms with Gasteiger partial charge in [0.25, 0.3) is 5.56 Å². The molecule has 0 radical (unpaired) electrons. The van der Waals surface area contributed by atoms with E-state index in [0.717, 1.165) is 0 Å². The second-order valence-electron chi connectivity index (χ2n) is 10.3. The fourth-order valence-electron chi connectivity index (χ4n) is 5.05. The lowest BCUT2D eigenvalue weighted by Gasteiger charge is -2.18. The summed E-state index contributed by atoms with van der Waals surface area (Å²) < 4.78 is 28.7. The number of hydrogen-bond donors (Lipinski definition) is 2. The molecule has 0 saturated heterocycles. The molecule has 2 aromatic heterocycles. The van der Waals surface area contributed by atoms with Crippen LogP contribution in [0.4, 0.5) is 8.78 Å². The SMILES string of the molecule is CC1(c2nc3ccc(F)cc3[nH]2)CC(c2ccc3c(=O)n(-c4ccc(F)cc4)c(CCCCC(=O)O)nc3c2)=NO1. The zero-order valence-electron chi connectivity index (χ0n) is 22.0. The molecule has 1 aliphatic heterocycles. The first-order valence-electron chi connectivity index (χ1n) is 13.1. The number of H-pyrrole nitrogens is 1. The van der Waals surface area contributed by atoms with Crippen molar-refractivity contribution in [3.8, 4) is 5.69 Å². The van der Waals surface area contributed by atoms with Crippen LogP contribution in [0.5, 0.6) is 0 Å². The van der Waals surface area contributed by atoms with Crippen molar-refractivity contribution in [2.24, 2.45) is 5.16 Å². The van der Waals surface area contributed by atoms with E-state index in [1.807, 2.05) is 6.92 Å². The van der Waals surface area contributed by atoms with Crippen LogP contribution in [0.2, 0.25) is 0 Å². The smallest absolute Gasteiger partial charge is 0.303 e. The molecule has 5 aromatic rings. The largest absolute Gasteiger partial charge is 0.481 e. The molecule has 6 rings (SSSR count). The number of benzene rings is 3. The first kappa shape index (κ1) is 26.3. The average Bonchev–Trinajstić information content (AvgIpc) is 3.56. The summed E-state index contributed by atoms with van der Waals surface area (Å²) in [6.45, 7) is 1.84. The highest BCUT2D eigenvalue weighted by atomic mass is 19.1. The standard InChI is InChI=1S/C30H25F2N5O4/c1-30(29-34-22-13-9-19(32)15-24(22)35-29)16-25(36-41-30)17-6-12-21-23(14-17)33-26(4-2-3-5-27(38)39)37(28(21)40)20-10-7-18(31)8-11-20/h6-15H,2-5,16H2,1H3,(H,34,35)(H,38,39). The predicted molar refractivity (Wildman–Crippen MR) is 148 cm³/mol. The fraction of sp³-hybridized carbons (Fsp3) is 0.233. The van der Waals surface area contributed by atoms with Crippen molar-refractivity contribution < 1.29 is 23.5 Å². The Hall–Kier alpha value is -4.93. The second-order valence-corrected chi connectivity index (χ2v) is 10.3. The van der Waals surface area contributed by atoms with Gasteiger partial charge in [-0.2, -0.15) is 0 Å². The molecule has 208 valence electrons. The maximum Gasteiger partial charge on any atom is 0.303 e. The number of aliphatic carboxylic acids is 1. The number of carboxylic acid groups (broad SMARTS) is 1. The van der Waals surface area contributed by atoms with E-state index >= 15 is 0 Å². The number of fused-ring (bicyclic) bond motifs is 2. The molecule has 0 aliphatic carbocycles. The summed E-state index contributed by atoms with van der Waals surface area (Å²) in [5.41, 5.74) is 2.22. The Morgan fingerprint density at radius 1 is 1.02 bits per heavy atom. The minimum Gasteiger partial charge on any atom is -0.481 e. The Balaban J connectivity index is 1.34. The highest BCUT2D eigenvalue weighted by Crippen LogP contribution is 2.36. The number of aromatic amines is 1. The number of nitrogens with zero attached hydrogens (tertiary/aromatic N) is 4. The number of carboxylic acids is 1. The summed E-state index contributed by atoms with van der Waals surface area (Å²) in [6.07, 6.45) is 1.67. The lowest BCUT2D eigenvalue weighted by molar-refractivity contribution is -0.137. The third-order valence-corrected chi connectivity index (χ3v) is 7.20. The van der Waals surface area contributed by atoms with Crippen LogP contribution in [0.15, 0.2) is 70.6 Å². The molecule has 9 nitrogen and oxygen atoms in total. The van der Waals surface area contributed by atoms with Crippen LogP contribution in [0.1, 0.15) is 49.8 Å². The summed E-state index contributed by atoms with van der Waals surface area (Å²) in [5.74, 6) is -0.726. The molecule has 0 bridgehead atoms. The van der Waals surface area contributed by atoms with Crippen molar-refractivity contribution in [3.63, 3.8) is 0 Å². The van der Waals surface area contributed by atoms with Crippen molar-refractivity contribution in [2.45, 2.75) is 44.6 Å². The summed E-state index contributed by atoms with van der Waals surface area (Å²) in [5, 5.41) is 13.7. The predicted octanol–water partition coefficient (Wildman–Crippen LogP) is 5.38. The summed E-state index contributed by atoms with van der Waals surface area (Å²) >= 11 is 0. The van der Waals surface area contributed by atoms with Crippen LogP contribution in [0, 0.1) is 11.6 Å². The highest BCUT2D eigenvalue weighted by molar-refractivity contribution is 6.04. The van der Waals surface area contributed by atoms with Crippen molar-refractivity contribution >= 4 is 33.6 Å². The zero-order chi connectivity index (χ0) is 28.7. The molecule has 0 amide bonds. The molecular weight excluding hydrogens is 532 g/mol. The van der Waals surface area contributed by atoms with E-state index in [2.05, 4.69) is 15.1 Å². The van der Waals surface area contributed by atoms with Crippen LogP contribution >= 0.6 is 0 Å². The Morgan fingerprint density at radius 2 is 1.80 bits per heavy atom. The van der Waals surface area contributed by atoms with Gasteiger partial charge in [-0.25, -0.2) is 18.7 Å². The summed E-state index contributed by atoms with van der Waals surface area (Å²) in [4.78, 5) is 42.9. The van der Waals surface area contributed by atoms with Gasteiger partial charge in [-0.15, -0.1) is 0 Å². The van der Waals surface area contributed by atoms with E-state index < -0.39 is 17.4 Å². The molecule has 1 aliphatic rings. The minimum absolute atomic E-state index is 0.0112. The minimum atomic E-state index is -0.908. The first-order valence-corrected chi connectivity index (χ1v) is 13.1. The molecule has 3 heterocycles. The Bertz CT molecular complexity index is 1900. The Labute approximate surface area is 232 Å². The van der Waals surface area contributed by atoms with E-state index in [4.69, 9.17) is 14.9 Å². The molecule has 41 heavy (non-hydrogen) atoms. The number of imidazole rings is 1. The lowest BCUT2D eigenvalue weighted by atomic mass is 9.95. The van der Waals surface area contributed by atoms with E-state index in [-0.39, 0.29) is 17.8 Å². The Morgan fingerprint density at radius 3 is 2.59 bits per heavy atom. The van der Waals surface area contributed by atoms with Crippen LogP contribution in [0.3, 0.4) is 0 Å². The normalized spacial score (nSPS) is 16.7. The van der Waals surface area contributed by atoms with Crippen LogP contribution < -0.4 is 5.56 Å². The number of nitrogens with one attached hydrogen (secondary N) is 1. The van der Waals surface area contributed by atoms with Gasteiger partial charge in [0.15, 0.2) is 11.4 Å². The number of unbranched alkanes of at least 4 members (excludes halogenated alkanes) is 1. The van der Waals surface area contributed by atoms with Crippen molar-refractivity contribution in [3.05, 3.63) is 99.9 Å². The number of halogens is 2. The lowest BCUT2D eigenvalue weighted by Crippen LogP contribution is -2.25. The van der Waals surface area contributed by atoms with Gasteiger partial charge in [0.1, 0.15) is 17.5 Å². The number of aromatic nitrogens is 4. The molecule has 0 saturated carbocycles. The molecule has 0 spiro atoms. The quantitative estimate of drug-likeness (QED) is 0.247. The maximum absolute atomic E-state index is 13.7.